The van der Waals surface area contributed by atoms with E-state index in [9.17, 15) is 4.79 Å². The highest BCUT2D eigenvalue weighted by atomic mass is 16.5. The third kappa shape index (κ3) is 1.42. The van der Waals surface area contributed by atoms with Crippen molar-refractivity contribution in [2.75, 3.05) is 11.1 Å². The standard InChI is InChI=1S/C11H14N2O2/c1-5-4-6(2)9-10(8(5)12)15-7(3)11(14)13-9/h4,7H,12H2,1-3H3,(H,13,14). The maximum atomic E-state index is 11.4. The molecule has 1 aromatic rings. The van der Waals surface area contributed by atoms with Crippen LogP contribution in [0.15, 0.2) is 6.07 Å². The van der Waals surface area contributed by atoms with Gasteiger partial charge in [-0.1, -0.05) is 6.07 Å². The molecule has 0 saturated carbocycles. The van der Waals surface area contributed by atoms with Crippen molar-refractivity contribution in [2.24, 2.45) is 0 Å². The van der Waals surface area contributed by atoms with Crippen molar-refractivity contribution in [3.63, 3.8) is 0 Å². The minimum absolute atomic E-state index is 0.131. The number of nitrogen functional groups attached to an aromatic ring is 1. The Morgan fingerprint density at radius 1 is 1.40 bits per heavy atom. The zero-order chi connectivity index (χ0) is 11.2. The van der Waals surface area contributed by atoms with E-state index in [2.05, 4.69) is 5.32 Å². The number of fused-ring (bicyclic) bond motifs is 1. The Bertz CT molecular complexity index is 441. The zero-order valence-corrected chi connectivity index (χ0v) is 9.05. The summed E-state index contributed by atoms with van der Waals surface area (Å²) in [6, 6.07) is 1.94. The number of anilines is 2. The van der Waals surface area contributed by atoms with Crippen LogP contribution in [0.4, 0.5) is 11.4 Å². The van der Waals surface area contributed by atoms with E-state index in [1.54, 1.807) is 6.92 Å². The molecule has 0 fully saturated rings. The van der Waals surface area contributed by atoms with Crippen molar-refractivity contribution in [3.05, 3.63) is 17.2 Å². The van der Waals surface area contributed by atoms with E-state index in [1.165, 1.54) is 0 Å². The molecule has 1 amide bonds. The van der Waals surface area contributed by atoms with Crippen LogP contribution in [0.25, 0.3) is 0 Å². The van der Waals surface area contributed by atoms with Gasteiger partial charge in [0.15, 0.2) is 11.9 Å². The smallest absolute Gasteiger partial charge is 0.265 e. The molecule has 1 aliphatic rings. The summed E-state index contributed by atoms with van der Waals surface area (Å²) in [5.41, 5.74) is 9.14. The molecule has 3 N–H and O–H groups in total. The number of rotatable bonds is 0. The van der Waals surface area contributed by atoms with Crippen LogP contribution in [0.1, 0.15) is 18.1 Å². The van der Waals surface area contributed by atoms with E-state index >= 15 is 0 Å². The van der Waals surface area contributed by atoms with Gasteiger partial charge in [0.2, 0.25) is 0 Å². The van der Waals surface area contributed by atoms with Crippen LogP contribution < -0.4 is 15.8 Å². The Labute approximate surface area is 88.4 Å². The van der Waals surface area contributed by atoms with Crippen molar-refractivity contribution in [1.82, 2.24) is 0 Å². The molecule has 0 spiro atoms. The van der Waals surface area contributed by atoms with Gasteiger partial charge in [-0.15, -0.1) is 0 Å². The van der Waals surface area contributed by atoms with Gasteiger partial charge in [-0.25, -0.2) is 0 Å². The SMILES string of the molecule is Cc1cc(C)c2c(c1N)OC(C)C(=O)N2. The van der Waals surface area contributed by atoms with Crippen LogP contribution in [-0.2, 0) is 4.79 Å². The second-order valence-electron chi connectivity index (χ2n) is 3.88. The van der Waals surface area contributed by atoms with Crippen molar-refractivity contribution in [2.45, 2.75) is 26.9 Å². The van der Waals surface area contributed by atoms with Gasteiger partial charge in [-0.2, -0.15) is 0 Å². The number of hydrogen-bond donors (Lipinski definition) is 2. The lowest BCUT2D eigenvalue weighted by Crippen LogP contribution is -2.35. The highest BCUT2D eigenvalue weighted by Gasteiger charge is 2.27. The minimum atomic E-state index is -0.485. The van der Waals surface area contributed by atoms with Crippen LogP contribution in [0.2, 0.25) is 0 Å². The van der Waals surface area contributed by atoms with Crippen LogP contribution in [-0.4, -0.2) is 12.0 Å². The molecule has 1 unspecified atom stereocenters. The molecule has 4 heteroatoms. The number of aryl methyl sites for hydroxylation is 2. The minimum Gasteiger partial charge on any atom is -0.477 e. The van der Waals surface area contributed by atoms with Gasteiger partial charge in [-0.3, -0.25) is 4.79 Å². The molecule has 0 radical (unpaired) electrons. The first kappa shape index (κ1) is 9.83. The highest BCUT2D eigenvalue weighted by Crippen LogP contribution is 2.39. The van der Waals surface area contributed by atoms with Gasteiger partial charge < -0.3 is 15.8 Å². The van der Waals surface area contributed by atoms with E-state index < -0.39 is 6.10 Å². The van der Waals surface area contributed by atoms with Crippen LogP contribution in [0.5, 0.6) is 5.75 Å². The van der Waals surface area contributed by atoms with E-state index in [-0.39, 0.29) is 5.91 Å². The normalized spacial score (nSPS) is 19.1. The first-order valence-corrected chi connectivity index (χ1v) is 4.88. The molecule has 4 nitrogen and oxygen atoms in total. The van der Waals surface area contributed by atoms with Gasteiger partial charge in [0.25, 0.3) is 5.91 Å². The second-order valence-corrected chi connectivity index (χ2v) is 3.88. The Morgan fingerprint density at radius 3 is 2.73 bits per heavy atom. The third-order valence-corrected chi connectivity index (χ3v) is 2.64. The maximum absolute atomic E-state index is 11.4. The molecule has 80 valence electrons. The second kappa shape index (κ2) is 3.15. The van der Waals surface area contributed by atoms with Crippen LogP contribution in [0.3, 0.4) is 0 Å². The Balaban J connectivity index is 2.61. The first-order valence-electron chi connectivity index (χ1n) is 4.88. The summed E-state index contributed by atoms with van der Waals surface area (Å²) in [5.74, 6) is 0.466. The van der Waals surface area contributed by atoms with Gasteiger partial charge in [0.1, 0.15) is 0 Å². The summed E-state index contributed by atoms with van der Waals surface area (Å²) in [4.78, 5) is 11.4. The van der Waals surface area contributed by atoms with Gasteiger partial charge >= 0.3 is 0 Å². The molecule has 0 aliphatic carbocycles. The molecule has 15 heavy (non-hydrogen) atoms. The largest absolute Gasteiger partial charge is 0.477 e. The first-order chi connectivity index (χ1) is 7.00. The van der Waals surface area contributed by atoms with E-state index in [0.29, 0.717) is 17.1 Å². The molecule has 2 rings (SSSR count). The number of benzene rings is 1. The van der Waals surface area contributed by atoms with Gasteiger partial charge in [-0.05, 0) is 31.9 Å². The number of carbonyl (C=O) groups excluding carboxylic acids is 1. The number of hydrogen-bond acceptors (Lipinski definition) is 3. The Hall–Kier alpha value is -1.71. The van der Waals surface area contributed by atoms with E-state index in [1.807, 2.05) is 19.9 Å². The number of nitrogens with one attached hydrogen (secondary N) is 1. The molecule has 0 aromatic heterocycles. The van der Waals surface area contributed by atoms with Crippen molar-refractivity contribution < 1.29 is 9.53 Å². The predicted octanol–water partition coefficient (Wildman–Crippen LogP) is 1.61. The van der Waals surface area contributed by atoms with Crippen molar-refractivity contribution >= 4 is 17.3 Å². The fourth-order valence-corrected chi connectivity index (χ4v) is 1.70. The molecule has 1 atom stereocenters. The van der Waals surface area contributed by atoms with E-state index in [4.69, 9.17) is 10.5 Å². The number of ether oxygens (including phenoxy) is 1. The topological polar surface area (TPSA) is 64.3 Å². The molecule has 0 bridgehead atoms. The van der Waals surface area contributed by atoms with Gasteiger partial charge in [0.05, 0.1) is 11.4 Å². The van der Waals surface area contributed by atoms with Crippen LogP contribution in [0, 0.1) is 13.8 Å². The third-order valence-electron chi connectivity index (χ3n) is 2.64. The Kier molecular flexibility index (Phi) is 2.07. The lowest BCUT2D eigenvalue weighted by Gasteiger charge is -2.26. The summed E-state index contributed by atoms with van der Waals surface area (Å²) >= 11 is 0. The van der Waals surface area contributed by atoms with Crippen LogP contribution >= 0.6 is 0 Å². The van der Waals surface area contributed by atoms with Gasteiger partial charge in [0, 0.05) is 0 Å². The molecule has 0 saturated heterocycles. The maximum Gasteiger partial charge on any atom is 0.265 e. The Morgan fingerprint density at radius 2 is 2.07 bits per heavy atom. The van der Waals surface area contributed by atoms with Crippen molar-refractivity contribution in [3.8, 4) is 5.75 Å². The predicted molar refractivity (Wildman–Crippen MR) is 59.0 cm³/mol. The molecule has 1 aromatic carbocycles. The van der Waals surface area contributed by atoms with Crippen molar-refractivity contribution in [1.29, 1.82) is 0 Å². The summed E-state index contributed by atoms with van der Waals surface area (Å²) in [5, 5.41) is 2.80. The lowest BCUT2D eigenvalue weighted by atomic mass is 10.1. The number of nitrogens with two attached hydrogens (primary N) is 1. The summed E-state index contributed by atoms with van der Waals surface area (Å²) < 4.78 is 5.50. The average molecular weight is 206 g/mol. The molecular weight excluding hydrogens is 192 g/mol. The fourth-order valence-electron chi connectivity index (χ4n) is 1.70. The quantitative estimate of drug-likeness (QED) is 0.634. The summed E-state index contributed by atoms with van der Waals surface area (Å²) in [6.45, 7) is 5.55. The van der Waals surface area contributed by atoms with E-state index in [0.717, 1.165) is 11.1 Å². The molecular formula is C11H14N2O2. The highest BCUT2D eigenvalue weighted by molar-refractivity contribution is 6.00. The monoisotopic (exact) mass is 206 g/mol. The number of carbonyl (C=O) groups is 1. The fraction of sp³-hybridized carbons (Fsp3) is 0.364. The number of amides is 1. The molecule has 1 aliphatic heterocycles. The lowest BCUT2D eigenvalue weighted by molar-refractivity contribution is -0.122. The average Bonchev–Trinajstić information content (AvgIpc) is 2.18. The summed E-state index contributed by atoms with van der Waals surface area (Å²) in [6.07, 6.45) is -0.485. The zero-order valence-electron chi connectivity index (χ0n) is 9.05. The molecule has 1 heterocycles. The summed E-state index contributed by atoms with van der Waals surface area (Å²) in [7, 11) is 0.